The number of esters is 2. The van der Waals surface area contributed by atoms with E-state index in [4.69, 9.17) is 20.9 Å². The fourth-order valence-corrected chi connectivity index (χ4v) is 2.77. The monoisotopic (exact) mass is 428 g/mol. The second kappa shape index (κ2) is 10.7. The summed E-state index contributed by atoms with van der Waals surface area (Å²) in [6.45, 7) is -1.49. The first kappa shape index (κ1) is 23.3. The Bertz CT molecular complexity index is 633. The third-order valence-electron chi connectivity index (χ3n) is 4.41. The Labute approximate surface area is 171 Å². The van der Waals surface area contributed by atoms with Gasteiger partial charge in [-0.2, -0.15) is 0 Å². The zero-order valence-electron chi connectivity index (χ0n) is 16.3. The predicted molar refractivity (Wildman–Crippen MR) is 96.6 cm³/mol. The van der Waals surface area contributed by atoms with Gasteiger partial charge in [-0.25, -0.2) is 9.80 Å². The van der Waals surface area contributed by atoms with Crippen LogP contribution in [0.15, 0.2) is 0 Å². The first-order chi connectivity index (χ1) is 14.2. The summed E-state index contributed by atoms with van der Waals surface area (Å²) in [5.41, 5.74) is 10.2. The first-order valence-electron chi connectivity index (χ1n) is 9.07. The molecule has 14 nitrogen and oxygen atoms in total. The van der Waals surface area contributed by atoms with Gasteiger partial charge in [0.1, 0.15) is 0 Å². The van der Waals surface area contributed by atoms with Crippen molar-refractivity contribution in [1.29, 1.82) is 0 Å². The van der Waals surface area contributed by atoms with Crippen molar-refractivity contribution < 1.29 is 38.2 Å². The summed E-state index contributed by atoms with van der Waals surface area (Å²) >= 11 is 0. The lowest BCUT2D eigenvalue weighted by Crippen LogP contribution is -2.58. The van der Waals surface area contributed by atoms with Crippen molar-refractivity contribution >= 4 is 35.6 Å². The normalized spacial score (nSPS) is 18.7. The van der Waals surface area contributed by atoms with Crippen LogP contribution >= 0.6 is 0 Å². The molecule has 0 aliphatic carbocycles. The van der Waals surface area contributed by atoms with Crippen LogP contribution in [0.3, 0.4) is 0 Å². The molecule has 2 aliphatic rings. The number of piperazine rings is 2. The molecule has 14 heteroatoms. The van der Waals surface area contributed by atoms with Crippen molar-refractivity contribution in [1.82, 2.24) is 19.6 Å². The van der Waals surface area contributed by atoms with Crippen LogP contribution in [0.5, 0.6) is 0 Å². The van der Waals surface area contributed by atoms with E-state index in [1.54, 1.807) is 9.80 Å². The van der Waals surface area contributed by atoms with Crippen LogP contribution in [0.25, 0.3) is 0 Å². The first-order valence-corrected chi connectivity index (χ1v) is 9.07. The molecule has 166 valence electrons. The molecule has 4 N–H and O–H groups in total. The highest BCUT2D eigenvalue weighted by atomic mass is 16.6. The molecule has 2 aliphatic heterocycles. The number of rotatable bonds is 9. The van der Waals surface area contributed by atoms with Gasteiger partial charge in [0, 0.05) is 13.1 Å². The summed E-state index contributed by atoms with van der Waals surface area (Å²) in [7, 11) is 0. The largest absolute Gasteiger partial charge is 0.443 e. The topological polar surface area (TPSA) is 186 Å². The lowest BCUT2D eigenvalue weighted by atomic mass is 10.2. The number of hydrogen-bond donors (Lipinski definition) is 2. The van der Waals surface area contributed by atoms with Gasteiger partial charge in [0.2, 0.25) is 23.6 Å². The van der Waals surface area contributed by atoms with Gasteiger partial charge in [0.05, 0.1) is 39.3 Å². The van der Waals surface area contributed by atoms with Gasteiger partial charge in [0.15, 0.2) is 13.5 Å². The van der Waals surface area contributed by atoms with Gasteiger partial charge in [-0.3, -0.25) is 38.6 Å². The molecule has 2 fully saturated rings. The minimum Gasteiger partial charge on any atom is -0.443 e. The number of carbonyl (C=O) groups is 6. The lowest BCUT2D eigenvalue weighted by molar-refractivity contribution is -0.166. The third kappa shape index (κ3) is 6.28. The Kier molecular flexibility index (Phi) is 8.35. The molecule has 30 heavy (non-hydrogen) atoms. The van der Waals surface area contributed by atoms with Crippen LogP contribution in [-0.4, -0.2) is 121 Å². The summed E-state index contributed by atoms with van der Waals surface area (Å²) in [5.74, 6) is -3.59. The fourth-order valence-electron chi connectivity index (χ4n) is 2.77. The molecule has 0 aromatic carbocycles. The van der Waals surface area contributed by atoms with Crippen molar-refractivity contribution in [2.75, 3.05) is 65.8 Å². The second-order valence-corrected chi connectivity index (χ2v) is 6.55. The molecule has 0 saturated carbocycles. The minimum atomic E-state index is -0.732. The molecule has 0 bridgehead atoms. The van der Waals surface area contributed by atoms with E-state index in [0.29, 0.717) is 0 Å². The zero-order chi connectivity index (χ0) is 22.3. The zero-order valence-corrected chi connectivity index (χ0v) is 16.3. The van der Waals surface area contributed by atoms with E-state index in [0.717, 1.165) is 9.80 Å². The number of nitrogens with two attached hydrogens (primary N) is 2. The summed E-state index contributed by atoms with van der Waals surface area (Å²) in [6, 6.07) is 0. The van der Waals surface area contributed by atoms with E-state index < -0.39 is 49.0 Å². The van der Waals surface area contributed by atoms with Crippen LogP contribution in [-0.2, 0) is 38.2 Å². The Morgan fingerprint density at radius 2 is 0.967 bits per heavy atom. The van der Waals surface area contributed by atoms with E-state index in [1.165, 1.54) is 0 Å². The molecular weight excluding hydrogens is 404 g/mol. The molecule has 0 spiro atoms. The molecule has 0 aromatic rings. The highest BCUT2D eigenvalue weighted by Crippen LogP contribution is 2.08. The third-order valence-corrected chi connectivity index (χ3v) is 4.41. The number of nitrogens with zero attached hydrogens (tertiary/aromatic N) is 4. The maximum Gasteiger partial charge on any atom is 0.321 e. The molecule has 4 amide bonds. The smallest absolute Gasteiger partial charge is 0.321 e. The van der Waals surface area contributed by atoms with E-state index in [1.807, 2.05) is 0 Å². The molecule has 0 aromatic heterocycles. The highest BCUT2D eigenvalue weighted by Gasteiger charge is 2.34. The van der Waals surface area contributed by atoms with Crippen LogP contribution in [0.4, 0.5) is 0 Å². The van der Waals surface area contributed by atoms with Crippen LogP contribution in [0.2, 0.25) is 0 Å². The highest BCUT2D eigenvalue weighted by molar-refractivity contribution is 6.00. The predicted octanol–water partition coefficient (Wildman–Crippen LogP) is -4.75. The van der Waals surface area contributed by atoms with Crippen molar-refractivity contribution in [2.45, 2.75) is 0 Å². The van der Waals surface area contributed by atoms with Crippen molar-refractivity contribution in [3.05, 3.63) is 0 Å². The van der Waals surface area contributed by atoms with E-state index in [2.05, 4.69) is 0 Å². The quantitative estimate of drug-likeness (QED) is 0.264. The van der Waals surface area contributed by atoms with Crippen molar-refractivity contribution in [2.24, 2.45) is 11.5 Å². The maximum atomic E-state index is 12.1. The average Bonchev–Trinajstić information content (AvgIpc) is 2.70. The van der Waals surface area contributed by atoms with Gasteiger partial charge in [-0.05, 0) is 0 Å². The number of amides is 4. The second-order valence-electron chi connectivity index (χ2n) is 6.55. The lowest BCUT2D eigenvalue weighted by Gasteiger charge is -2.35. The molecule has 2 rings (SSSR count). The Balaban J connectivity index is 1.79. The van der Waals surface area contributed by atoms with Crippen LogP contribution < -0.4 is 11.5 Å². The number of carbonyl (C=O) groups excluding carboxylic acids is 6. The van der Waals surface area contributed by atoms with Gasteiger partial charge >= 0.3 is 11.9 Å². The number of ether oxygens (including phenoxy) is 2. The maximum absolute atomic E-state index is 12.1. The summed E-state index contributed by atoms with van der Waals surface area (Å²) in [4.78, 5) is 75.5. The van der Waals surface area contributed by atoms with Gasteiger partial charge in [-0.15, -0.1) is 0 Å². The van der Waals surface area contributed by atoms with Gasteiger partial charge < -0.3 is 20.9 Å². The summed E-state index contributed by atoms with van der Waals surface area (Å²) < 4.78 is 9.43. The van der Waals surface area contributed by atoms with E-state index in [9.17, 15) is 28.8 Å². The van der Waals surface area contributed by atoms with Crippen molar-refractivity contribution in [3.63, 3.8) is 0 Å². The average molecular weight is 428 g/mol. The Morgan fingerprint density at radius 3 is 1.23 bits per heavy atom. The SMILES string of the molecule is NCC(=O)OCN1C(=O)CN(CCN2CC(=O)N(COC(=O)CN)C(=O)C2)CC1=O. The number of imide groups is 2. The van der Waals surface area contributed by atoms with E-state index >= 15 is 0 Å². The molecule has 0 radical (unpaired) electrons. The molecule has 0 unspecified atom stereocenters. The molecule has 2 saturated heterocycles. The molecular formula is C16H24N6O8. The fraction of sp³-hybridized carbons (Fsp3) is 0.625. The summed E-state index contributed by atoms with van der Waals surface area (Å²) in [5, 5.41) is 0. The number of hydrogen-bond acceptors (Lipinski definition) is 12. The van der Waals surface area contributed by atoms with Crippen LogP contribution in [0, 0.1) is 0 Å². The van der Waals surface area contributed by atoms with E-state index in [-0.39, 0.29) is 52.4 Å². The van der Waals surface area contributed by atoms with Crippen LogP contribution in [0.1, 0.15) is 0 Å². The molecule has 0 atom stereocenters. The Hall–Kier alpha value is -2.94. The van der Waals surface area contributed by atoms with Crippen molar-refractivity contribution in [3.8, 4) is 0 Å². The molecule has 2 heterocycles. The van der Waals surface area contributed by atoms with Gasteiger partial charge in [-0.1, -0.05) is 0 Å². The minimum absolute atomic E-state index is 0.0805. The van der Waals surface area contributed by atoms with Gasteiger partial charge in [0.25, 0.3) is 0 Å². The summed E-state index contributed by atoms with van der Waals surface area (Å²) in [6.07, 6.45) is 0. The standard InChI is InChI=1S/C16H24N6O8/c17-3-15(27)29-9-21-11(23)5-19(6-12(21)24)1-2-20-7-13(25)22(14(26)8-20)10-30-16(28)4-18/h1-10,17-18H2. The Morgan fingerprint density at radius 1 is 0.667 bits per heavy atom.